The maximum absolute atomic E-state index is 5.66. The molecule has 0 aliphatic carbocycles. The minimum Gasteiger partial charge on any atom is -0.326 e. The van der Waals surface area contributed by atoms with Crippen molar-refractivity contribution in [2.24, 2.45) is 5.73 Å². The van der Waals surface area contributed by atoms with Crippen LogP contribution in [-0.2, 0) is 6.54 Å². The van der Waals surface area contributed by atoms with Crippen molar-refractivity contribution in [2.75, 3.05) is 0 Å². The number of hydrogen-bond acceptors (Lipinski definition) is 5. The summed E-state index contributed by atoms with van der Waals surface area (Å²) in [5.41, 5.74) is 6.81. The highest BCUT2D eigenvalue weighted by atomic mass is 32.2. The highest BCUT2D eigenvalue weighted by molar-refractivity contribution is 8.01. The number of nitrogens with zero attached hydrogens (tertiary/aromatic N) is 2. The number of aryl methyl sites for hydroxylation is 1. The van der Waals surface area contributed by atoms with E-state index in [0.717, 1.165) is 19.8 Å². The maximum atomic E-state index is 5.66. The molecule has 2 aromatic rings. The number of hydrogen-bond donors (Lipinski definition) is 1. The summed E-state index contributed by atoms with van der Waals surface area (Å²) < 4.78 is 0.966. The van der Waals surface area contributed by atoms with Crippen molar-refractivity contribution in [3.63, 3.8) is 0 Å². The zero-order chi connectivity index (χ0) is 10.7. The molecule has 78 valence electrons. The molecule has 1 aromatic carbocycles. The number of rotatable bonds is 3. The molecule has 0 saturated carbocycles. The second kappa shape index (κ2) is 4.74. The van der Waals surface area contributed by atoms with E-state index in [0.29, 0.717) is 6.54 Å². The van der Waals surface area contributed by atoms with Gasteiger partial charge in [-0.25, -0.2) is 0 Å². The molecule has 0 spiro atoms. The van der Waals surface area contributed by atoms with Crippen molar-refractivity contribution in [3.05, 3.63) is 34.8 Å². The normalized spacial score (nSPS) is 10.5. The standard InChI is InChI=1S/C10H11N3S2/c1-7-12-13-10(14-7)15-9-5-3-2-4-8(9)6-11/h2-5H,6,11H2,1H3. The van der Waals surface area contributed by atoms with Crippen LogP contribution in [0.1, 0.15) is 10.6 Å². The summed E-state index contributed by atoms with van der Waals surface area (Å²) >= 11 is 3.23. The minimum atomic E-state index is 0.557. The topological polar surface area (TPSA) is 51.8 Å². The van der Waals surface area contributed by atoms with E-state index in [9.17, 15) is 0 Å². The molecule has 0 aliphatic rings. The van der Waals surface area contributed by atoms with Crippen molar-refractivity contribution < 1.29 is 0 Å². The third-order valence-corrected chi connectivity index (χ3v) is 3.91. The predicted molar refractivity (Wildman–Crippen MR) is 63.1 cm³/mol. The SMILES string of the molecule is Cc1nnc(Sc2ccccc2CN)s1. The van der Waals surface area contributed by atoms with Crippen LogP contribution in [0.15, 0.2) is 33.5 Å². The molecule has 0 unspecified atom stereocenters. The van der Waals surface area contributed by atoms with Crippen molar-refractivity contribution in [1.82, 2.24) is 10.2 Å². The Labute approximate surface area is 96.7 Å². The fourth-order valence-corrected chi connectivity index (χ4v) is 3.10. The lowest BCUT2D eigenvalue weighted by molar-refractivity contribution is 0.979. The summed E-state index contributed by atoms with van der Waals surface area (Å²) in [4.78, 5) is 1.16. The summed E-state index contributed by atoms with van der Waals surface area (Å²) in [7, 11) is 0. The Morgan fingerprint density at radius 3 is 2.80 bits per heavy atom. The molecule has 2 N–H and O–H groups in total. The van der Waals surface area contributed by atoms with Gasteiger partial charge in [0, 0.05) is 11.4 Å². The summed E-state index contributed by atoms with van der Waals surface area (Å²) in [6.45, 7) is 2.51. The molecular weight excluding hydrogens is 226 g/mol. The highest BCUT2D eigenvalue weighted by Crippen LogP contribution is 2.31. The largest absolute Gasteiger partial charge is 0.326 e. The number of aromatic nitrogens is 2. The lowest BCUT2D eigenvalue weighted by Crippen LogP contribution is -1.97. The Morgan fingerprint density at radius 1 is 1.33 bits per heavy atom. The van der Waals surface area contributed by atoms with Crippen LogP contribution >= 0.6 is 23.1 Å². The molecule has 2 rings (SSSR count). The van der Waals surface area contributed by atoms with Crippen LogP contribution in [-0.4, -0.2) is 10.2 Å². The fourth-order valence-electron chi connectivity index (χ4n) is 1.19. The fraction of sp³-hybridized carbons (Fsp3) is 0.200. The van der Waals surface area contributed by atoms with Crippen molar-refractivity contribution >= 4 is 23.1 Å². The number of benzene rings is 1. The van der Waals surface area contributed by atoms with E-state index in [1.54, 1.807) is 23.1 Å². The van der Waals surface area contributed by atoms with E-state index in [1.807, 2.05) is 25.1 Å². The smallest absolute Gasteiger partial charge is 0.179 e. The Balaban J connectivity index is 2.23. The monoisotopic (exact) mass is 237 g/mol. The second-order valence-corrected chi connectivity index (χ2v) is 5.47. The van der Waals surface area contributed by atoms with Crippen molar-refractivity contribution in [2.45, 2.75) is 22.7 Å². The van der Waals surface area contributed by atoms with E-state index in [1.165, 1.54) is 0 Å². The molecule has 0 atom stereocenters. The molecule has 0 fully saturated rings. The molecule has 0 amide bonds. The Morgan fingerprint density at radius 2 is 2.13 bits per heavy atom. The molecule has 1 heterocycles. The quantitative estimate of drug-likeness (QED) is 0.891. The van der Waals surface area contributed by atoms with Gasteiger partial charge in [0.05, 0.1) is 0 Å². The van der Waals surface area contributed by atoms with Gasteiger partial charge in [-0.15, -0.1) is 10.2 Å². The van der Waals surface area contributed by atoms with Crippen LogP contribution in [0.5, 0.6) is 0 Å². The van der Waals surface area contributed by atoms with Crippen molar-refractivity contribution in [1.29, 1.82) is 0 Å². The molecule has 0 aliphatic heterocycles. The van der Waals surface area contributed by atoms with Crippen LogP contribution in [0, 0.1) is 6.92 Å². The average molecular weight is 237 g/mol. The van der Waals surface area contributed by atoms with E-state index >= 15 is 0 Å². The van der Waals surface area contributed by atoms with Crippen LogP contribution < -0.4 is 5.73 Å². The van der Waals surface area contributed by atoms with Crippen LogP contribution in [0.25, 0.3) is 0 Å². The second-order valence-electron chi connectivity index (χ2n) is 3.00. The van der Waals surface area contributed by atoms with E-state index in [2.05, 4.69) is 16.3 Å². The van der Waals surface area contributed by atoms with Gasteiger partial charge in [0.25, 0.3) is 0 Å². The van der Waals surface area contributed by atoms with E-state index in [4.69, 9.17) is 5.73 Å². The Bertz CT molecular complexity index is 453. The van der Waals surface area contributed by atoms with Crippen LogP contribution in [0.3, 0.4) is 0 Å². The molecule has 0 saturated heterocycles. The predicted octanol–water partition coefficient (Wildman–Crippen LogP) is 2.46. The first kappa shape index (κ1) is 10.6. The third-order valence-electron chi connectivity index (χ3n) is 1.90. The summed E-state index contributed by atoms with van der Waals surface area (Å²) in [5, 5.41) is 9.05. The average Bonchev–Trinajstić information content (AvgIpc) is 2.65. The Kier molecular flexibility index (Phi) is 3.35. The molecule has 3 nitrogen and oxygen atoms in total. The van der Waals surface area contributed by atoms with Gasteiger partial charge in [0.15, 0.2) is 4.34 Å². The summed E-state index contributed by atoms with van der Waals surface area (Å²) in [5.74, 6) is 0. The van der Waals surface area contributed by atoms with E-state index in [-0.39, 0.29) is 0 Å². The lowest BCUT2D eigenvalue weighted by atomic mass is 10.2. The first-order chi connectivity index (χ1) is 7.29. The summed E-state index contributed by atoms with van der Waals surface area (Å²) in [6.07, 6.45) is 0. The molecule has 5 heteroatoms. The zero-order valence-electron chi connectivity index (χ0n) is 8.30. The van der Waals surface area contributed by atoms with E-state index < -0.39 is 0 Å². The highest BCUT2D eigenvalue weighted by Gasteiger charge is 2.06. The van der Waals surface area contributed by atoms with Gasteiger partial charge in [0.1, 0.15) is 5.01 Å². The molecule has 1 aromatic heterocycles. The third kappa shape index (κ3) is 2.56. The van der Waals surface area contributed by atoms with Crippen LogP contribution in [0.2, 0.25) is 0 Å². The Hall–Kier alpha value is -0.910. The molecule has 15 heavy (non-hydrogen) atoms. The molecule has 0 radical (unpaired) electrons. The van der Waals surface area contributed by atoms with Gasteiger partial charge in [-0.3, -0.25) is 0 Å². The van der Waals surface area contributed by atoms with Crippen molar-refractivity contribution in [3.8, 4) is 0 Å². The maximum Gasteiger partial charge on any atom is 0.179 e. The number of nitrogens with two attached hydrogens (primary N) is 1. The van der Waals surface area contributed by atoms with Gasteiger partial charge in [-0.1, -0.05) is 41.3 Å². The van der Waals surface area contributed by atoms with Gasteiger partial charge in [-0.2, -0.15) is 0 Å². The van der Waals surface area contributed by atoms with Gasteiger partial charge >= 0.3 is 0 Å². The van der Waals surface area contributed by atoms with Gasteiger partial charge in [-0.05, 0) is 18.6 Å². The molecule has 0 bridgehead atoms. The van der Waals surface area contributed by atoms with Gasteiger partial charge < -0.3 is 5.73 Å². The van der Waals surface area contributed by atoms with Crippen LogP contribution in [0.4, 0.5) is 0 Å². The lowest BCUT2D eigenvalue weighted by Gasteiger charge is -2.03. The molecular formula is C10H11N3S2. The first-order valence-corrected chi connectivity index (χ1v) is 6.19. The minimum absolute atomic E-state index is 0.557. The zero-order valence-corrected chi connectivity index (χ0v) is 9.94. The van der Waals surface area contributed by atoms with Gasteiger partial charge in [0.2, 0.25) is 0 Å². The summed E-state index contributed by atoms with van der Waals surface area (Å²) in [6, 6.07) is 8.10. The first-order valence-electron chi connectivity index (χ1n) is 4.55.